The average Bonchev–Trinajstić information content (AvgIpc) is 2.95. The Hall–Kier alpha value is -2.20. The van der Waals surface area contributed by atoms with Gasteiger partial charge in [0.05, 0.1) is 16.4 Å². The summed E-state index contributed by atoms with van der Waals surface area (Å²) in [5.41, 5.74) is 12.5. The largest absolute Gasteiger partial charge is 0.393 e. The van der Waals surface area contributed by atoms with Gasteiger partial charge in [0, 0.05) is 17.2 Å². The molecule has 0 spiro atoms. The summed E-state index contributed by atoms with van der Waals surface area (Å²) in [6.45, 7) is 8.52. The lowest BCUT2D eigenvalue weighted by Crippen LogP contribution is -2.19. The molecule has 0 saturated heterocycles. The minimum atomic E-state index is -0.0455. The van der Waals surface area contributed by atoms with Gasteiger partial charge in [0.15, 0.2) is 0 Å². The molecule has 0 fully saturated rings. The molecule has 0 aliphatic heterocycles. The van der Waals surface area contributed by atoms with E-state index < -0.39 is 0 Å². The average molecular weight is 337 g/mol. The number of thiocarbonyl (C=S) groups is 1. The van der Waals surface area contributed by atoms with Gasteiger partial charge in [-0.2, -0.15) is 0 Å². The molecule has 4 heteroatoms. The number of benzene rings is 1. The molecule has 24 heavy (non-hydrogen) atoms. The van der Waals surface area contributed by atoms with Crippen molar-refractivity contribution in [3.05, 3.63) is 59.4 Å². The highest BCUT2D eigenvalue weighted by Gasteiger charge is 2.22. The van der Waals surface area contributed by atoms with Gasteiger partial charge < -0.3 is 5.73 Å². The molecule has 2 N–H and O–H groups in total. The first-order valence-electron chi connectivity index (χ1n) is 8.27. The van der Waals surface area contributed by atoms with Crippen LogP contribution in [0.15, 0.2) is 42.5 Å². The summed E-state index contributed by atoms with van der Waals surface area (Å²) in [7, 11) is 0. The third-order valence-electron chi connectivity index (χ3n) is 4.56. The van der Waals surface area contributed by atoms with Crippen molar-refractivity contribution in [1.29, 1.82) is 0 Å². The number of nitrogens with two attached hydrogens (primary N) is 1. The van der Waals surface area contributed by atoms with Crippen molar-refractivity contribution < 1.29 is 0 Å². The molecule has 124 valence electrons. The predicted molar refractivity (Wildman–Crippen MR) is 105 cm³/mol. The van der Waals surface area contributed by atoms with Gasteiger partial charge in [-0.25, -0.2) is 4.98 Å². The molecular weight excluding hydrogens is 314 g/mol. The van der Waals surface area contributed by atoms with E-state index in [1.165, 1.54) is 5.56 Å². The predicted octanol–water partition coefficient (Wildman–Crippen LogP) is 4.82. The second-order valence-corrected chi connectivity index (χ2v) is 7.08. The minimum Gasteiger partial charge on any atom is -0.393 e. The third kappa shape index (κ3) is 2.82. The first kappa shape index (κ1) is 16.7. The Kier molecular flexibility index (Phi) is 4.41. The van der Waals surface area contributed by atoms with E-state index in [4.69, 9.17) is 22.9 Å². The molecular formula is C20H23N3S. The van der Waals surface area contributed by atoms with Crippen LogP contribution in [0.25, 0.3) is 16.9 Å². The Labute approximate surface area is 148 Å². The molecule has 1 aromatic carbocycles. The second-order valence-electron chi connectivity index (χ2n) is 6.61. The van der Waals surface area contributed by atoms with Crippen molar-refractivity contribution >= 4 is 22.9 Å². The van der Waals surface area contributed by atoms with E-state index in [-0.39, 0.29) is 5.92 Å². The number of pyridine rings is 1. The maximum absolute atomic E-state index is 5.97. The van der Waals surface area contributed by atoms with Gasteiger partial charge in [0.1, 0.15) is 5.65 Å². The van der Waals surface area contributed by atoms with Gasteiger partial charge >= 0.3 is 0 Å². The number of aryl methyl sites for hydroxylation is 1. The molecule has 0 aliphatic carbocycles. The minimum absolute atomic E-state index is 0.0455. The fourth-order valence-electron chi connectivity index (χ4n) is 3.05. The van der Waals surface area contributed by atoms with Crippen LogP contribution in [0.5, 0.6) is 0 Å². The topological polar surface area (TPSA) is 43.3 Å². The summed E-state index contributed by atoms with van der Waals surface area (Å²) >= 11 is 5.27. The highest BCUT2D eigenvalue weighted by molar-refractivity contribution is 7.80. The van der Waals surface area contributed by atoms with Crippen LogP contribution in [-0.4, -0.2) is 14.4 Å². The lowest BCUT2D eigenvalue weighted by atomic mass is 9.98. The quantitative estimate of drug-likeness (QED) is 0.694. The highest BCUT2D eigenvalue weighted by atomic mass is 32.1. The van der Waals surface area contributed by atoms with Gasteiger partial charge in [0.2, 0.25) is 0 Å². The molecule has 1 unspecified atom stereocenters. The van der Waals surface area contributed by atoms with Crippen LogP contribution in [0.4, 0.5) is 0 Å². The Balaban J connectivity index is 2.25. The summed E-state index contributed by atoms with van der Waals surface area (Å²) in [6.07, 6.45) is 0. The smallest absolute Gasteiger partial charge is 0.137 e. The van der Waals surface area contributed by atoms with Crippen LogP contribution >= 0.6 is 12.2 Å². The molecule has 0 saturated carbocycles. The molecule has 1 atom stereocenters. The Morgan fingerprint density at radius 3 is 2.33 bits per heavy atom. The van der Waals surface area contributed by atoms with Crippen molar-refractivity contribution in [2.75, 3.05) is 0 Å². The lowest BCUT2D eigenvalue weighted by Gasteiger charge is -2.14. The monoisotopic (exact) mass is 337 g/mol. The zero-order chi connectivity index (χ0) is 17.4. The normalized spacial score (nSPS) is 12.7. The van der Waals surface area contributed by atoms with Crippen molar-refractivity contribution in [2.24, 2.45) is 5.73 Å². The third-order valence-corrected chi connectivity index (χ3v) is 4.92. The fourth-order valence-corrected chi connectivity index (χ4v) is 3.17. The highest BCUT2D eigenvalue weighted by Crippen LogP contribution is 2.32. The van der Waals surface area contributed by atoms with Crippen LogP contribution in [0.2, 0.25) is 0 Å². The summed E-state index contributed by atoms with van der Waals surface area (Å²) in [5.74, 6) is 0.466. The Morgan fingerprint density at radius 1 is 1.08 bits per heavy atom. The number of aromatic nitrogens is 2. The maximum Gasteiger partial charge on any atom is 0.137 e. The van der Waals surface area contributed by atoms with Gasteiger partial charge in [-0.3, -0.25) is 4.40 Å². The van der Waals surface area contributed by atoms with Crippen molar-refractivity contribution in [3.8, 4) is 11.3 Å². The van der Waals surface area contributed by atoms with Crippen molar-refractivity contribution in [3.63, 3.8) is 0 Å². The van der Waals surface area contributed by atoms with Crippen LogP contribution in [0.3, 0.4) is 0 Å². The van der Waals surface area contributed by atoms with Gasteiger partial charge in [-0.05, 0) is 30.5 Å². The number of rotatable bonds is 4. The molecule has 2 aromatic heterocycles. The summed E-state index contributed by atoms with van der Waals surface area (Å²) in [4.78, 5) is 5.36. The second kappa shape index (κ2) is 6.36. The van der Waals surface area contributed by atoms with Gasteiger partial charge in [-0.15, -0.1) is 0 Å². The Morgan fingerprint density at radius 2 is 1.75 bits per heavy atom. The zero-order valence-electron chi connectivity index (χ0n) is 14.6. The molecule has 0 bridgehead atoms. The van der Waals surface area contributed by atoms with Gasteiger partial charge in [-0.1, -0.05) is 63.3 Å². The molecule has 2 heterocycles. The summed E-state index contributed by atoms with van der Waals surface area (Å²) in [6, 6.07) is 14.8. The van der Waals surface area contributed by atoms with Crippen molar-refractivity contribution in [1.82, 2.24) is 9.38 Å². The van der Waals surface area contributed by atoms with E-state index in [0.29, 0.717) is 10.9 Å². The van der Waals surface area contributed by atoms with E-state index in [2.05, 4.69) is 55.5 Å². The summed E-state index contributed by atoms with van der Waals surface area (Å²) in [5, 5.41) is 0. The van der Waals surface area contributed by atoms with E-state index in [9.17, 15) is 0 Å². The van der Waals surface area contributed by atoms with Crippen LogP contribution in [-0.2, 0) is 0 Å². The van der Waals surface area contributed by atoms with Crippen LogP contribution < -0.4 is 5.73 Å². The SMILES string of the molecule is Cc1cccc2nc(-c3ccc(C(C)C)cc3)c(C(C)C(N)=S)n12. The van der Waals surface area contributed by atoms with Crippen LogP contribution in [0, 0.1) is 6.92 Å². The molecule has 3 rings (SSSR count). The Bertz CT molecular complexity index is 891. The zero-order valence-corrected chi connectivity index (χ0v) is 15.4. The number of fused-ring (bicyclic) bond motifs is 1. The van der Waals surface area contributed by atoms with Gasteiger partial charge in [0.25, 0.3) is 0 Å². The molecule has 0 aliphatic rings. The fraction of sp³-hybridized carbons (Fsp3) is 0.300. The van der Waals surface area contributed by atoms with E-state index in [0.717, 1.165) is 28.3 Å². The number of hydrogen-bond acceptors (Lipinski definition) is 2. The van der Waals surface area contributed by atoms with E-state index in [1.54, 1.807) is 0 Å². The first-order valence-corrected chi connectivity index (χ1v) is 8.68. The molecule has 3 aromatic rings. The van der Waals surface area contributed by atoms with Crippen LogP contribution in [0.1, 0.15) is 49.6 Å². The number of hydrogen-bond donors (Lipinski definition) is 1. The standard InChI is InChI=1S/C20H23N3S/c1-12(2)15-8-10-16(11-9-15)18-19(14(4)20(21)24)23-13(3)6-5-7-17(23)22-18/h5-12,14H,1-4H3,(H2,21,24). The first-order chi connectivity index (χ1) is 11.4. The van der Waals surface area contributed by atoms with E-state index >= 15 is 0 Å². The lowest BCUT2D eigenvalue weighted by molar-refractivity contribution is 0.866. The molecule has 0 amide bonds. The number of imidazole rings is 1. The molecule has 0 radical (unpaired) electrons. The van der Waals surface area contributed by atoms with Crippen molar-refractivity contribution in [2.45, 2.75) is 39.5 Å². The van der Waals surface area contributed by atoms with E-state index in [1.807, 2.05) is 19.1 Å². The summed E-state index contributed by atoms with van der Waals surface area (Å²) < 4.78 is 2.16. The maximum atomic E-state index is 5.97. The number of nitrogens with zero attached hydrogens (tertiary/aromatic N) is 2. The molecule has 3 nitrogen and oxygen atoms in total.